The molecule has 0 radical (unpaired) electrons. The van der Waals surface area contributed by atoms with E-state index in [1.54, 1.807) is 0 Å². The van der Waals surface area contributed by atoms with Crippen LogP contribution in [0.1, 0.15) is 92.4 Å². The van der Waals surface area contributed by atoms with Crippen LogP contribution in [0.15, 0.2) is 34.9 Å². The van der Waals surface area contributed by atoms with Crippen LogP contribution in [0.5, 0.6) is 0 Å². The van der Waals surface area contributed by atoms with E-state index in [9.17, 15) is 15.3 Å². The molecule has 0 bridgehead atoms. The van der Waals surface area contributed by atoms with Gasteiger partial charge in [0.05, 0.1) is 17.8 Å². The normalized spacial score (nSPS) is 36.2. The quantitative estimate of drug-likeness (QED) is 0.498. The van der Waals surface area contributed by atoms with Gasteiger partial charge in [0.25, 0.3) is 0 Å². The number of aliphatic hydroxyl groups excluding tert-OH is 2. The van der Waals surface area contributed by atoms with Crippen LogP contribution in [-0.4, -0.2) is 33.1 Å². The maximum Gasteiger partial charge on any atom is 0.0777 e. The summed E-state index contributed by atoms with van der Waals surface area (Å²) >= 11 is 0. The Labute approximate surface area is 184 Å². The lowest BCUT2D eigenvalue weighted by molar-refractivity contribution is 0.0613. The van der Waals surface area contributed by atoms with Gasteiger partial charge in [0, 0.05) is 6.42 Å². The van der Waals surface area contributed by atoms with Gasteiger partial charge in [0.2, 0.25) is 0 Å². The van der Waals surface area contributed by atoms with Crippen molar-refractivity contribution in [2.24, 2.45) is 23.2 Å². The fourth-order valence-corrected chi connectivity index (χ4v) is 6.58. The minimum atomic E-state index is -0.555. The van der Waals surface area contributed by atoms with Crippen LogP contribution >= 0.6 is 0 Å². The van der Waals surface area contributed by atoms with Crippen molar-refractivity contribution in [1.82, 2.24) is 0 Å². The molecule has 3 aliphatic rings. The van der Waals surface area contributed by atoms with E-state index in [4.69, 9.17) is 0 Å². The van der Waals surface area contributed by atoms with Gasteiger partial charge < -0.3 is 15.3 Å². The minimum absolute atomic E-state index is 0.359. The molecule has 3 aliphatic carbocycles. The molecule has 0 aromatic heterocycles. The van der Waals surface area contributed by atoms with Gasteiger partial charge >= 0.3 is 0 Å². The molecule has 3 rings (SSSR count). The summed E-state index contributed by atoms with van der Waals surface area (Å²) in [4.78, 5) is 0. The number of hydrogen-bond donors (Lipinski definition) is 3. The molecule has 170 valence electrons. The molecule has 0 spiro atoms. The van der Waals surface area contributed by atoms with E-state index in [-0.39, 0.29) is 0 Å². The smallest absolute Gasteiger partial charge is 0.0777 e. The fraction of sp³-hybridized carbons (Fsp3) is 0.778. The second kappa shape index (κ2) is 9.30. The van der Waals surface area contributed by atoms with E-state index in [0.717, 1.165) is 36.3 Å². The summed E-state index contributed by atoms with van der Waals surface area (Å²) in [5.74, 6) is 2.06. The van der Waals surface area contributed by atoms with E-state index in [2.05, 4.69) is 32.1 Å². The van der Waals surface area contributed by atoms with Gasteiger partial charge in [-0.2, -0.15) is 0 Å². The second-order valence-corrected chi connectivity index (χ2v) is 11.3. The topological polar surface area (TPSA) is 60.7 Å². The van der Waals surface area contributed by atoms with Crippen LogP contribution in [0.2, 0.25) is 0 Å². The van der Waals surface area contributed by atoms with E-state index in [1.807, 2.05) is 20.8 Å². The Kier molecular flexibility index (Phi) is 7.37. The standard InChI is InChI=1S/C27H44O3/c1-18(8-6-14-26(3,4)30)23-12-13-24-20(9-7-15-27(23,24)5)10-11-21-16-22(28)17-25(29)19(21)2/h9-11,18,22-25,28-30H,6-8,12-17H2,1-5H3/b11-10-/t18-,22-,23-,24+,25+,27-/m1/s1. The molecule has 1 saturated carbocycles. The first-order valence-corrected chi connectivity index (χ1v) is 12.2. The minimum Gasteiger partial charge on any atom is -0.393 e. The molecule has 6 atom stereocenters. The molecule has 3 N–H and O–H groups in total. The molecule has 1 fully saturated rings. The zero-order chi connectivity index (χ0) is 22.1. The molecule has 0 amide bonds. The zero-order valence-corrected chi connectivity index (χ0v) is 19.8. The molecule has 3 nitrogen and oxygen atoms in total. The molecular formula is C27H44O3. The third kappa shape index (κ3) is 5.29. The summed E-state index contributed by atoms with van der Waals surface area (Å²) in [6, 6.07) is 0. The first-order chi connectivity index (χ1) is 14.0. The SMILES string of the molecule is CC1=C(/C=C\C2=CCC[C@]3(C)[C@@H]([C@H](C)CCCC(C)(C)O)CC[C@@H]23)C[C@@H](O)C[C@@H]1O. The average Bonchev–Trinajstić information content (AvgIpc) is 3.00. The van der Waals surface area contributed by atoms with Gasteiger partial charge in [-0.05, 0) is 99.2 Å². The van der Waals surface area contributed by atoms with Crippen LogP contribution in [0.3, 0.4) is 0 Å². The van der Waals surface area contributed by atoms with E-state index >= 15 is 0 Å². The van der Waals surface area contributed by atoms with Gasteiger partial charge in [-0.15, -0.1) is 0 Å². The van der Waals surface area contributed by atoms with Crippen LogP contribution in [0.25, 0.3) is 0 Å². The number of allylic oxidation sites excluding steroid dienone is 4. The van der Waals surface area contributed by atoms with Gasteiger partial charge in [-0.3, -0.25) is 0 Å². The summed E-state index contributed by atoms with van der Waals surface area (Å²) in [5, 5.41) is 30.3. The molecule has 0 unspecified atom stereocenters. The molecule has 0 aliphatic heterocycles. The van der Waals surface area contributed by atoms with Gasteiger partial charge in [0.15, 0.2) is 0 Å². The van der Waals surface area contributed by atoms with E-state index in [1.165, 1.54) is 31.3 Å². The van der Waals surface area contributed by atoms with Crippen LogP contribution in [0.4, 0.5) is 0 Å². The Morgan fingerprint density at radius 2 is 1.97 bits per heavy atom. The van der Waals surface area contributed by atoms with Crippen molar-refractivity contribution in [3.63, 3.8) is 0 Å². The Morgan fingerprint density at radius 3 is 2.67 bits per heavy atom. The number of aliphatic hydroxyl groups is 3. The summed E-state index contributed by atoms with van der Waals surface area (Å²) < 4.78 is 0. The van der Waals surface area contributed by atoms with Crippen molar-refractivity contribution in [3.05, 3.63) is 34.9 Å². The first kappa shape index (κ1) is 23.8. The second-order valence-electron chi connectivity index (χ2n) is 11.3. The van der Waals surface area contributed by atoms with E-state index < -0.39 is 17.8 Å². The van der Waals surface area contributed by atoms with Crippen molar-refractivity contribution in [1.29, 1.82) is 0 Å². The highest BCUT2D eigenvalue weighted by atomic mass is 16.3. The summed E-state index contributed by atoms with van der Waals surface area (Å²) in [6.45, 7) is 10.8. The summed E-state index contributed by atoms with van der Waals surface area (Å²) in [6.07, 6.45) is 15.2. The Morgan fingerprint density at radius 1 is 1.23 bits per heavy atom. The number of hydrogen-bond acceptors (Lipinski definition) is 3. The van der Waals surface area contributed by atoms with Crippen molar-refractivity contribution in [2.75, 3.05) is 0 Å². The highest BCUT2D eigenvalue weighted by Gasteiger charge is 2.49. The maximum absolute atomic E-state index is 10.2. The van der Waals surface area contributed by atoms with Crippen molar-refractivity contribution in [3.8, 4) is 0 Å². The van der Waals surface area contributed by atoms with Gasteiger partial charge in [-0.25, -0.2) is 0 Å². The average molecular weight is 417 g/mol. The number of rotatable bonds is 7. The lowest BCUT2D eigenvalue weighted by atomic mass is 9.62. The van der Waals surface area contributed by atoms with Gasteiger partial charge in [0.1, 0.15) is 0 Å². The Bertz CT molecular complexity index is 695. The zero-order valence-electron chi connectivity index (χ0n) is 19.8. The van der Waals surface area contributed by atoms with E-state index in [0.29, 0.717) is 30.1 Å². The van der Waals surface area contributed by atoms with Crippen LogP contribution in [-0.2, 0) is 0 Å². The lowest BCUT2D eigenvalue weighted by Crippen LogP contribution is -2.35. The summed E-state index contributed by atoms with van der Waals surface area (Å²) in [5.41, 5.74) is 3.38. The third-order valence-electron chi connectivity index (χ3n) is 8.44. The maximum atomic E-state index is 10.2. The first-order valence-electron chi connectivity index (χ1n) is 12.2. The largest absolute Gasteiger partial charge is 0.393 e. The molecule has 0 aromatic rings. The Hall–Kier alpha value is -0.900. The third-order valence-corrected chi connectivity index (χ3v) is 8.44. The van der Waals surface area contributed by atoms with Crippen LogP contribution in [0, 0.1) is 23.2 Å². The summed E-state index contributed by atoms with van der Waals surface area (Å²) in [7, 11) is 0. The molecule has 0 heterocycles. The molecule has 0 saturated heterocycles. The molecule has 0 aromatic carbocycles. The van der Waals surface area contributed by atoms with Crippen molar-refractivity contribution in [2.45, 2.75) is 110 Å². The predicted octanol–water partition coefficient (Wildman–Crippen LogP) is 5.70. The highest BCUT2D eigenvalue weighted by molar-refractivity contribution is 5.37. The van der Waals surface area contributed by atoms with Crippen LogP contribution < -0.4 is 0 Å². The molecule has 3 heteroatoms. The number of fused-ring (bicyclic) bond motifs is 1. The lowest BCUT2D eigenvalue weighted by Gasteiger charge is -2.43. The predicted molar refractivity (Wildman–Crippen MR) is 124 cm³/mol. The molecular weight excluding hydrogens is 372 g/mol. The highest BCUT2D eigenvalue weighted by Crippen LogP contribution is 2.58. The fourth-order valence-electron chi connectivity index (χ4n) is 6.58. The monoisotopic (exact) mass is 416 g/mol. The Balaban J connectivity index is 1.68. The van der Waals surface area contributed by atoms with Crippen molar-refractivity contribution < 1.29 is 15.3 Å². The van der Waals surface area contributed by atoms with Crippen molar-refractivity contribution >= 4 is 0 Å². The van der Waals surface area contributed by atoms with Gasteiger partial charge in [-0.1, -0.05) is 44.9 Å². The molecule has 30 heavy (non-hydrogen) atoms.